The molecule has 0 aliphatic rings. The summed E-state index contributed by atoms with van der Waals surface area (Å²) in [5.41, 5.74) is 0. The maximum atomic E-state index is 13.9. The van der Waals surface area contributed by atoms with Crippen molar-refractivity contribution in [1.29, 1.82) is 0 Å². The van der Waals surface area contributed by atoms with Crippen molar-refractivity contribution in [2.75, 3.05) is 18.8 Å². The quantitative estimate of drug-likeness (QED) is 0.392. The number of thioether (sulfide) groups is 1. The molecule has 1 rings (SSSR count). The van der Waals surface area contributed by atoms with Crippen molar-refractivity contribution in [2.45, 2.75) is 36.7 Å². The van der Waals surface area contributed by atoms with Crippen molar-refractivity contribution in [3.05, 3.63) is 24.0 Å². The van der Waals surface area contributed by atoms with Crippen LogP contribution in [0.5, 0.6) is 0 Å². The monoisotopic (exact) mass is 370 g/mol. The van der Waals surface area contributed by atoms with Crippen LogP contribution < -0.4 is 0 Å². The average molecular weight is 370 g/mol. The lowest BCUT2D eigenvalue weighted by Crippen LogP contribution is -2.14. The molecule has 0 heterocycles. The Kier molecular flexibility index (Phi) is 7.08. The molecule has 5 nitrogen and oxygen atoms in total. The highest BCUT2D eigenvalue weighted by atomic mass is 32.2. The molecule has 1 unspecified atom stereocenters. The minimum atomic E-state index is -4.36. The van der Waals surface area contributed by atoms with E-state index in [4.69, 9.17) is 8.71 Å². The van der Waals surface area contributed by atoms with Crippen molar-refractivity contribution in [3.8, 4) is 0 Å². The van der Waals surface area contributed by atoms with Gasteiger partial charge in [0.15, 0.2) is 0 Å². The number of hydrogen-bond donors (Lipinski definition) is 0. The van der Waals surface area contributed by atoms with Gasteiger partial charge in [-0.2, -0.15) is 8.42 Å². The van der Waals surface area contributed by atoms with Gasteiger partial charge >= 0.3 is 10.1 Å². The lowest BCUT2D eigenvalue weighted by Gasteiger charge is -2.19. The molecular formula is C13H20FO5PS2. The van der Waals surface area contributed by atoms with Gasteiger partial charge in [0.05, 0.1) is 6.10 Å². The van der Waals surface area contributed by atoms with Crippen LogP contribution in [0.4, 0.5) is 4.39 Å². The summed E-state index contributed by atoms with van der Waals surface area (Å²) in [5, 5.41) is 0. The van der Waals surface area contributed by atoms with Crippen molar-refractivity contribution < 1.29 is 26.1 Å². The third-order valence-electron chi connectivity index (χ3n) is 2.69. The second kappa shape index (κ2) is 7.93. The van der Waals surface area contributed by atoms with Crippen molar-refractivity contribution in [3.63, 3.8) is 0 Å². The molecule has 126 valence electrons. The Morgan fingerprint density at radius 3 is 2.50 bits per heavy atom. The summed E-state index contributed by atoms with van der Waals surface area (Å²) in [6, 6.07) is 3.94. The molecule has 0 saturated heterocycles. The van der Waals surface area contributed by atoms with Crippen LogP contribution in [0.15, 0.2) is 28.0 Å². The van der Waals surface area contributed by atoms with E-state index in [0.717, 1.165) is 17.8 Å². The fraction of sp³-hybridized carbons (Fsp3) is 0.538. The summed E-state index contributed by atoms with van der Waals surface area (Å²) < 4.78 is 60.8. The standard InChI is InChI=1S/C13H20FO5PS2/c1-5-20(15,19-10(2)3)9-18-22(16,17)13-11(14)7-6-8-12(13)21-4/h6-8,10H,5,9H2,1-4H3. The molecule has 0 aliphatic heterocycles. The van der Waals surface area contributed by atoms with Gasteiger partial charge in [-0.1, -0.05) is 13.0 Å². The number of benzene rings is 1. The summed E-state index contributed by atoms with van der Waals surface area (Å²) in [7, 11) is -7.60. The van der Waals surface area contributed by atoms with Gasteiger partial charge in [0.25, 0.3) is 0 Å². The molecular weight excluding hydrogens is 350 g/mol. The molecule has 1 aromatic rings. The fourth-order valence-corrected chi connectivity index (χ4v) is 5.83. The third-order valence-corrected chi connectivity index (χ3v) is 7.41. The van der Waals surface area contributed by atoms with Gasteiger partial charge in [-0.25, -0.2) is 4.39 Å². The maximum Gasteiger partial charge on any atom is 0.301 e. The van der Waals surface area contributed by atoms with E-state index < -0.39 is 34.5 Å². The second-order valence-corrected chi connectivity index (χ2v) is 9.89. The predicted molar refractivity (Wildman–Crippen MR) is 85.7 cm³/mol. The van der Waals surface area contributed by atoms with E-state index in [1.165, 1.54) is 12.1 Å². The van der Waals surface area contributed by atoms with Crippen LogP contribution in [0, 0.1) is 5.82 Å². The molecule has 0 aromatic heterocycles. The molecule has 1 atom stereocenters. The van der Waals surface area contributed by atoms with Crippen LogP contribution in [0.25, 0.3) is 0 Å². The zero-order valence-corrected chi connectivity index (χ0v) is 15.4. The molecule has 1 aromatic carbocycles. The van der Waals surface area contributed by atoms with Gasteiger partial charge in [0, 0.05) is 11.1 Å². The zero-order valence-electron chi connectivity index (χ0n) is 12.9. The van der Waals surface area contributed by atoms with Gasteiger partial charge in [-0.05, 0) is 32.2 Å². The highest BCUT2D eigenvalue weighted by Gasteiger charge is 2.30. The first-order chi connectivity index (χ1) is 10.1. The van der Waals surface area contributed by atoms with Gasteiger partial charge < -0.3 is 4.52 Å². The zero-order chi connectivity index (χ0) is 17.0. The molecule has 0 fully saturated rings. The number of rotatable bonds is 8. The van der Waals surface area contributed by atoms with E-state index in [0.29, 0.717) is 0 Å². The Balaban J connectivity index is 3.05. The first-order valence-corrected chi connectivity index (χ1v) is 11.3. The van der Waals surface area contributed by atoms with Crippen LogP contribution in [0.3, 0.4) is 0 Å². The van der Waals surface area contributed by atoms with E-state index in [-0.39, 0.29) is 17.2 Å². The molecule has 0 aliphatic carbocycles. The first-order valence-electron chi connectivity index (χ1n) is 6.63. The van der Waals surface area contributed by atoms with Gasteiger partial charge in [-0.3, -0.25) is 8.75 Å². The van der Waals surface area contributed by atoms with Crippen molar-refractivity contribution in [2.24, 2.45) is 0 Å². The number of halogens is 1. The average Bonchev–Trinajstić information content (AvgIpc) is 2.44. The summed E-state index contributed by atoms with van der Waals surface area (Å²) in [5.74, 6) is -0.900. The molecule has 0 spiro atoms. The topological polar surface area (TPSA) is 69.7 Å². The number of hydrogen-bond acceptors (Lipinski definition) is 6. The van der Waals surface area contributed by atoms with Gasteiger partial charge in [0.2, 0.25) is 7.37 Å². The summed E-state index contributed by atoms with van der Waals surface area (Å²) in [4.78, 5) is -0.300. The summed E-state index contributed by atoms with van der Waals surface area (Å²) >= 11 is 1.09. The van der Waals surface area contributed by atoms with Gasteiger partial charge in [-0.15, -0.1) is 11.8 Å². The van der Waals surface area contributed by atoms with E-state index in [1.54, 1.807) is 27.0 Å². The van der Waals surface area contributed by atoms with E-state index in [2.05, 4.69) is 0 Å². The maximum absolute atomic E-state index is 13.9. The summed E-state index contributed by atoms with van der Waals surface area (Å²) in [6.45, 7) is 5.01. The molecule has 0 saturated carbocycles. The van der Waals surface area contributed by atoms with E-state index in [1.807, 2.05) is 0 Å². The van der Waals surface area contributed by atoms with E-state index in [9.17, 15) is 17.4 Å². The summed E-state index contributed by atoms with van der Waals surface area (Å²) in [6.07, 6.45) is 0.832. The third kappa shape index (κ3) is 5.06. The Hall–Kier alpha value is -0.400. The smallest absolute Gasteiger partial charge is 0.301 e. The Morgan fingerprint density at radius 2 is 2.00 bits per heavy atom. The highest BCUT2D eigenvalue weighted by molar-refractivity contribution is 7.99. The first kappa shape index (κ1) is 19.6. The Bertz CT molecular complexity index is 660. The molecule has 9 heteroatoms. The molecule has 0 N–H and O–H groups in total. The molecule has 0 bridgehead atoms. The minimum absolute atomic E-state index is 0.132. The van der Waals surface area contributed by atoms with Crippen LogP contribution in [-0.2, 0) is 23.4 Å². The largest absolute Gasteiger partial charge is 0.324 e. The van der Waals surface area contributed by atoms with Crippen LogP contribution in [0.1, 0.15) is 20.8 Å². The molecule has 0 radical (unpaired) electrons. The second-order valence-electron chi connectivity index (χ2n) is 4.76. The van der Waals surface area contributed by atoms with Gasteiger partial charge in [0.1, 0.15) is 17.1 Å². The van der Waals surface area contributed by atoms with Crippen LogP contribution in [0.2, 0.25) is 0 Å². The predicted octanol–water partition coefficient (Wildman–Crippen LogP) is 3.93. The van der Waals surface area contributed by atoms with E-state index >= 15 is 0 Å². The lowest BCUT2D eigenvalue weighted by molar-refractivity contribution is 0.227. The highest BCUT2D eigenvalue weighted by Crippen LogP contribution is 2.48. The molecule has 22 heavy (non-hydrogen) atoms. The lowest BCUT2D eigenvalue weighted by atomic mass is 10.3. The van der Waals surface area contributed by atoms with Crippen LogP contribution in [-0.4, -0.2) is 33.3 Å². The van der Waals surface area contributed by atoms with Crippen molar-refractivity contribution >= 4 is 29.2 Å². The normalized spacial score (nSPS) is 15.0. The minimum Gasteiger partial charge on any atom is -0.324 e. The molecule has 0 amide bonds. The Labute approximate surface area is 135 Å². The van der Waals surface area contributed by atoms with Crippen LogP contribution >= 0.6 is 19.1 Å². The van der Waals surface area contributed by atoms with Crippen molar-refractivity contribution in [1.82, 2.24) is 0 Å². The fourth-order valence-electron chi connectivity index (χ4n) is 1.68. The SMILES string of the molecule is CCP(=O)(COS(=O)(=O)c1c(F)cccc1SC)OC(C)C. The Morgan fingerprint density at radius 1 is 1.36 bits per heavy atom.